The minimum absolute atomic E-state index is 0.647. The summed E-state index contributed by atoms with van der Waals surface area (Å²) in [7, 11) is 1.99. The summed E-state index contributed by atoms with van der Waals surface area (Å²) in [5, 5.41) is 8.14. The van der Waals surface area contributed by atoms with Crippen molar-refractivity contribution in [3.63, 3.8) is 0 Å². The number of aromatic nitrogens is 3. The highest BCUT2D eigenvalue weighted by molar-refractivity contribution is 7.14. The van der Waals surface area contributed by atoms with Crippen molar-refractivity contribution < 1.29 is 0 Å². The molecule has 174 valence electrons. The van der Waals surface area contributed by atoms with Crippen LogP contribution in [0.15, 0.2) is 100 Å². The van der Waals surface area contributed by atoms with Crippen LogP contribution in [0.1, 0.15) is 11.3 Å². The molecule has 0 saturated heterocycles. The van der Waals surface area contributed by atoms with Crippen molar-refractivity contribution in [1.82, 2.24) is 14.3 Å². The van der Waals surface area contributed by atoms with Crippen molar-refractivity contribution >= 4 is 40.0 Å². The average molecular weight is 499 g/mol. The molecule has 0 unspecified atom stereocenters. The Hall–Kier alpha value is -3.94. The first kappa shape index (κ1) is 22.8. The van der Waals surface area contributed by atoms with Gasteiger partial charge in [0, 0.05) is 34.8 Å². The van der Waals surface area contributed by atoms with Crippen LogP contribution in [0, 0.1) is 6.92 Å². The van der Waals surface area contributed by atoms with Gasteiger partial charge in [-0.1, -0.05) is 78.3 Å². The normalized spacial score (nSPS) is 11.9. The Labute approximate surface area is 212 Å². The van der Waals surface area contributed by atoms with E-state index in [1.165, 1.54) is 11.3 Å². The zero-order valence-corrected chi connectivity index (χ0v) is 20.8. The highest BCUT2D eigenvalue weighted by Gasteiger charge is 2.15. The molecule has 0 radical (unpaired) electrons. The summed E-state index contributed by atoms with van der Waals surface area (Å²) in [5.41, 5.74) is 9.30. The first-order valence-corrected chi connectivity index (χ1v) is 12.3. The number of thiazole rings is 1. The number of halogens is 1. The maximum absolute atomic E-state index is 6.35. The van der Waals surface area contributed by atoms with Crippen LogP contribution in [0.5, 0.6) is 0 Å². The summed E-state index contributed by atoms with van der Waals surface area (Å²) < 4.78 is 4.06. The third kappa shape index (κ3) is 4.82. The van der Waals surface area contributed by atoms with E-state index >= 15 is 0 Å². The molecule has 0 amide bonds. The predicted molar refractivity (Wildman–Crippen MR) is 145 cm³/mol. The lowest BCUT2D eigenvalue weighted by molar-refractivity contribution is 0.622. The van der Waals surface area contributed by atoms with E-state index in [2.05, 4.69) is 5.43 Å². The third-order valence-electron chi connectivity index (χ3n) is 5.61. The average Bonchev–Trinajstić information content (AvgIpc) is 3.46. The number of anilines is 1. The van der Waals surface area contributed by atoms with Gasteiger partial charge in [-0.3, -0.25) is 15.1 Å². The van der Waals surface area contributed by atoms with Crippen molar-refractivity contribution in [3.8, 4) is 16.9 Å². The second-order valence-electron chi connectivity index (χ2n) is 7.84. The minimum atomic E-state index is 0.647. The van der Waals surface area contributed by atoms with Crippen molar-refractivity contribution in [2.45, 2.75) is 6.92 Å². The van der Waals surface area contributed by atoms with Crippen molar-refractivity contribution in [2.75, 3.05) is 5.43 Å². The van der Waals surface area contributed by atoms with Gasteiger partial charge in [-0.2, -0.15) is 5.10 Å². The minimum Gasteiger partial charge on any atom is -0.284 e. The molecule has 3 aromatic carbocycles. The van der Waals surface area contributed by atoms with Crippen LogP contribution >= 0.6 is 22.9 Å². The zero-order valence-electron chi connectivity index (χ0n) is 19.3. The summed E-state index contributed by atoms with van der Waals surface area (Å²) in [6.07, 6.45) is 1.77. The highest BCUT2D eigenvalue weighted by Crippen LogP contribution is 2.25. The summed E-state index contributed by atoms with van der Waals surface area (Å²) in [4.78, 5) is 9.51. The van der Waals surface area contributed by atoms with E-state index in [0.717, 1.165) is 33.9 Å². The molecule has 0 bridgehead atoms. The molecule has 0 saturated carbocycles. The standard InChI is InChI=1S/C27H23ClN6S/c1-19-25(29-17-21-13-9-10-16-23(21)28)26(34(33(19)2)22-14-7-4-8-15-22)31-32-27-30-24(18-35-27)20-11-5-3-6-12-20/h3-18H,1-2H3,(H,30,32)/b29-17?,31-26+. The van der Waals surface area contributed by atoms with Crippen LogP contribution < -0.4 is 10.9 Å². The Morgan fingerprint density at radius 1 is 0.943 bits per heavy atom. The molecule has 2 heterocycles. The van der Waals surface area contributed by atoms with Crippen LogP contribution in [-0.2, 0) is 7.05 Å². The fourth-order valence-electron chi connectivity index (χ4n) is 3.70. The van der Waals surface area contributed by atoms with Gasteiger partial charge in [-0.25, -0.2) is 9.67 Å². The summed E-state index contributed by atoms with van der Waals surface area (Å²) >= 11 is 7.86. The van der Waals surface area contributed by atoms with E-state index in [-0.39, 0.29) is 0 Å². The van der Waals surface area contributed by atoms with E-state index < -0.39 is 0 Å². The fourth-order valence-corrected chi connectivity index (χ4v) is 4.55. The smallest absolute Gasteiger partial charge is 0.203 e. The number of rotatable bonds is 6. The lowest BCUT2D eigenvalue weighted by atomic mass is 10.2. The van der Waals surface area contributed by atoms with Gasteiger partial charge in [0.05, 0.1) is 17.1 Å². The lowest BCUT2D eigenvalue weighted by Gasteiger charge is -2.09. The molecular formula is C27H23ClN6S. The Morgan fingerprint density at radius 2 is 1.63 bits per heavy atom. The molecule has 5 rings (SSSR count). The molecule has 0 aliphatic heterocycles. The number of nitrogens with zero attached hydrogens (tertiary/aromatic N) is 5. The molecule has 0 aliphatic carbocycles. The van der Waals surface area contributed by atoms with Crippen LogP contribution in [-0.4, -0.2) is 20.6 Å². The van der Waals surface area contributed by atoms with Gasteiger partial charge >= 0.3 is 0 Å². The van der Waals surface area contributed by atoms with Crippen LogP contribution in [0.4, 0.5) is 10.8 Å². The first-order chi connectivity index (χ1) is 17.1. The molecular weight excluding hydrogens is 476 g/mol. The van der Waals surface area contributed by atoms with Crippen molar-refractivity contribution in [2.24, 2.45) is 17.1 Å². The van der Waals surface area contributed by atoms with Gasteiger partial charge in [0.1, 0.15) is 5.69 Å². The Kier molecular flexibility index (Phi) is 6.61. The van der Waals surface area contributed by atoms with E-state index in [1.54, 1.807) is 6.21 Å². The largest absolute Gasteiger partial charge is 0.284 e. The van der Waals surface area contributed by atoms with Gasteiger partial charge in [-0.15, -0.1) is 11.3 Å². The second-order valence-corrected chi connectivity index (χ2v) is 9.10. The van der Waals surface area contributed by atoms with E-state index in [1.807, 2.05) is 114 Å². The molecule has 2 aromatic heterocycles. The van der Waals surface area contributed by atoms with Gasteiger partial charge in [0.15, 0.2) is 5.49 Å². The quantitative estimate of drug-likeness (QED) is 0.212. The van der Waals surface area contributed by atoms with Crippen molar-refractivity contribution in [3.05, 3.63) is 112 Å². The molecule has 0 atom stereocenters. The van der Waals surface area contributed by atoms with Crippen LogP contribution in [0.25, 0.3) is 16.9 Å². The van der Waals surface area contributed by atoms with Gasteiger partial charge < -0.3 is 0 Å². The summed E-state index contributed by atoms with van der Waals surface area (Å²) in [6.45, 7) is 2.02. The molecule has 35 heavy (non-hydrogen) atoms. The molecule has 8 heteroatoms. The Balaban J connectivity index is 1.59. The second kappa shape index (κ2) is 10.1. The fraction of sp³-hybridized carbons (Fsp3) is 0.0741. The summed E-state index contributed by atoms with van der Waals surface area (Å²) in [5.74, 6) is 0. The van der Waals surface area contributed by atoms with Crippen LogP contribution in [0.2, 0.25) is 5.02 Å². The number of nitrogens with one attached hydrogen (secondary N) is 1. The Morgan fingerprint density at radius 3 is 2.37 bits per heavy atom. The monoisotopic (exact) mass is 498 g/mol. The topological polar surface area (TPSA) is 59.5 Å². The number of aliphatic imine (C=N–C) groups is 1. The van der Waals surface area contributed by atoms with E-state index in [9.17, 15) is 0 Å². The lowest BCUT2D eigenvalue weighted by Crippen LogP contribution is -2.22. The molecule has 6 nitrogen and oxygen atoms in total. The maximum Gasteiger partial charge on any atom is 0.203 e. The molecule has 0 fully saturated rings. The molecule has 5 aromatic rings. The van der Waals surface area contributed by atoms with Crippen molar-refractivity contribution in [1.29, 1.82) is 0 Å². The van der Waals surface area contributed by atoms with Gasteiger partial charge in [-0.05, 0) is 25.1 Å². The number of hydrogen-bond acceptors (Lipinski definition) is 5. The van der Waals surface area contributed by atoms with E-state index in [4.69, 9.17) is 26.7 Å². The Bertz CT molecular complexity index is 1550. The number of para-hydroxylation sites is 1. The number of hydrogen-bond donors (Lipinski definition) is 1. The summed E-state index contributed by atoms with van der Waals surface area (Å²) in [6, 6.07) is 27.8. The molecule has 0 aliphatic rings. The zero-order chi connectivity index (χ0) is 24.2. The predicted octanol–water partition coefficient (Wildman–Crippen LogP) is 6.58. The maximum atomic E-state index is 6.35. The number of benzene rings is 3. The molecule has 1 N–H and O–H groups in total. The van der Waals surface area contributed by atoms with Crippen LogP contribution in [0.3, 0.4) is 0 Å². The molecule has 0 spiro atoms. The first-order valence-electron chi connectivity index (χ1n) is 11.0. The SMILES string of the molecule is Cc1c(N=Cc2ccccc2Cl)/c(=N\Nc2nc(-c3ccccc3)cs2)n(-c2ccccc2)n1C. The highest BCUT2D eigenvalue weighted by atomic mass is 35.5. The van der Waals surface area contributed by atoms with Gasteiger partial charge in [0.2, 0.25) is 5.13 Å². The van der Waals surface area contributed by atoms with Gasteiger partial charge in [0.25, 0.3) is 0 Å². The van der Waals surface area contributed by atoms with E-state index in [0.29, 0.717) is 15.6 Å². The third-order valence-corrected chi connectivity index (χ3v) is 6.70.